The van der Waals surface area contributed by atoms with Crippen molar-refractivity contribution >= 4 is 29.2 Å². The van der Waals surface area contributed by atoms with Crippen molar-refractivity contribution in [2.24, 2.45) is 0 Å². The van der Waals surface area contributed by atoms with Crippen molar-refractivity contribution in [1.82, 2.24) is 0 Å². The highest BCUT2D eigenvalue weighted by Crippen LogP contribution is 2.30. The molecule has 0 aliphatic carbocycles. The molecule has 1 aromatic heterocycles. The maximum absolute atomic E-state index is 12.0. The fourth-order valence-corrected chi connectivity index (χ4v) is 2.51. The molecule has 6 heteroatoms. The molecular formula is C21H14ClNO4. The molecule has 2 aromatic carbocycles. The smallest absolute Gasteiger partial charge is 0.379 e. The molecule has 0 unspecified atom stereocenters. The summed E-state index contributed by atoms with van der Waals surface area (Å²) in [5.41, 5.74) is 1.93. The lowest BCUT2D eigenvalue weighted by Crippen LogP contribution is -2.08. The van der Waals surface area contributed by atoms with Crippen molar-refractivity contribution in [3.05, 3.63) is 82.8 Å². The summed E-state index contributed by atoms with van der Waals surface area (Å²) in [4.78, 5) is 12.0. The van der Waals surface area contributed by atoms with Crippen LogP contribution in [0.4, 0.5) is 0 Å². The summed E-state index contributed by atoms with van der Waals surface area (Å²) in [6.07, 6.45) is 3.10. The minimum absolute atomic E-state index is 0.0931. The number of methoxy groups -OCH3 is 1. The Labute approximate surface area is 161 Å². The SMILES string of the molecule is COc1cc(/C=C(\C#N)c2ccc(Cl)cc2)ccc1OC(=O)c1ccco1. The van der Waals surface area contributed by atoms with E-state index in [-0.39, 0.29) is 11.5 Å². The molecule has 27 heavy (non-hydrogen) atoms. The van der Waals surface area contributed by atoms with Crippen LogP contribution in [0.15, 0.2) is 65.3 Å². The second-order valence-electron chi connectivity index (χ2n) is 5.45. The highest BCUT2D eigenvalue weighted by molar-refractivity contribution is 6.30. The van der Waals surface area contributed by atoms with Crippen molar-refractivity contribution in [3.8, 4) is 17.6 Å². The number of ether oxygens (including phenoxy) is 2. The minimum atomic E-state index is -0.625. The zero-order valence-electron chi connectivity index (χ0n) is 14.3. The van der Waals surface area contributed by atoms with Crippen molar-refractivity contribution in [2.75, 3.05) is 7.11 Å². The molecule has 0 spiro atoms. The van der Waals surface area contributed by atoms with Gasteiger partial charge in [0, 0.05) is 5.02 Å². The van der Waals surface area contributed by atoms with Crippen molar-refractivity contribution < 1.29 is 18.7 Å². The molecule has 0 amide bonds. The third-order valence-electron chi connectivity index (χ3n) is 3.70. The van der Waals surface area contributed by atoms with Crippen LogP contribution in [0.5, 0.6) is 11.5 Å². The molecule has 0 aliphatic rings. The standard InChI is InChI=1S/C21H14ClNO4/c1-25-20-12-14(11-16(13-23)15-5-7-17(22)8-6-15)4-9-18(20)27-21(24)19-3-2-10-26-19/h2-12H,1H3/b16-11+. The van der Waals surface area contributed by atoms with Crippen LogP contribution in [0.1, 0.15) is 21.7 Å². The van der Waals surface area contributed by atoms with E-state index in [1.54, 1.807) is 54.6 Å². The summed E-state index contributed by atoms with van der Waals surface area (Å²) in [6.45, 7) is 0. The monoisotopic (exact) mass is 379 g/mol. The highest BCUT2D eigenvalue weighted by Gasteiger charge is 2.15. The number of carbonyl (C=O) groups excluding carboxylic acids is 1. The van der Waals surface area contributed by atoms with Crippen LogP contribution in [0, 0.1) is 11.3 Å². The molecule has 3 aromatic rings. The zero-order valence-corrected chi connectivity index (χ0v) is 15.1. The Morgan fingerprint density at radius 1 is 1.15 bits per heavy atom. The summed E-state index contributed by atoms with van der Waals surface area (Å²) in [5.74, 6) is 0.0779. The number of furan rings is 1. The van der Waals surface area contributed by atoms with Gasteiger partial charge < -0.3 is 13.9 Å². The first-order valence-electron chi connectivity index (χ1n) is 7.92. The second-order valence-corrected chi connectivity index (χ2v) is 5.89. The lowest BCUT2D eigenvalue weighted by Gasteiger charge is -2.09. The van der Waals surface area contributed by atoms with Gasteiger partial charge in [-0.3, -0.25) is 0 Å². The van der Waals surface area contributed by atoms with Crippen LogP contribution in [0.2, 0.25) is 5.02 Å². The predicted octanol–water partition coefficient (Wildman–Crippen LogP) is 5.22. The van der Waals surface area contributed by atoms with Crippen molar-refractivity contribution in [3.63, 3.8) is 0 Å². The van der Waals surface area contributed by atoms with Gasteiger partial charge in [0.2, 0.25) is 5.76 Å². The normalized spacial score (nSPS) is 10.9. The van der Waals surface area contributed by atoms with Crippen LogP contribution in [0.3, 0.4) is 0 Å². The maximum atomic E-state index is 12.0. The van der Waals surface area contributed by atoms with Gasteiger partial charge in [0.25, 0.3) is 0 Å². The number of allylic oxidation sites excluding steroid dienone is 1. The first kappa shape index (κ1) is 18.3. The Balaban J connectivity index is 1.88. The van der Waals surface area contributed by atoms with Crippen LogP contribution in [0.25, 0.3) is 11.6 Å². The lowest BCUT2D eigenvalue weighted by atomic mass is 10.0. The number of nitriles is 1. The molecule has 0 atom stereocenters. The van der Waals surface area contributed by atoms with E-state index in [9.17, 15) is 10.1 Å². The highest BCUT2D eigenvalue weighted by atomic mass is 35.5. The van der Waals surface area contributed by atoms with E-state index in [1.165, 1.54) is 19.4 Å². The van der Waals surface area contributed by atoms with E-state index in [2.05, 4.69) is 6.07 Å². The quantitative estimate of drug-likeness (QED) is 0.263. The molecule has 0 N–H and O–H groups in total. The first-order chi connectivity index (χ1) is 13.1. The number of benzene rings is 2. The molecule has 0 fully saturated rings. The van der Waals surface area contributed by atoms with Gasteiger partial charge in [-0.05, 0) is 53.6 Å². The van der Waals surface area contributed by atoms with Crippen LogP contribution < -0.4 is 9.47 Å². The molecular weight excluding hydrogens is 366 g/mol. The van der Waals surface area contributed by atoms with E-state index in [0.29, 0.717) is 16.3 Å². The fraction of sp³-hybridized carbons (Fsp3) is 0.0476. The summed E-state index contributed by atoms with van der Waals surface area (Å²) in [5, 5.41) is 10.1. The average Bonchev–Trinajstić information content (AvgIpc) is 3.23. The van der Waals surface area contributed by atoms with Crippen molar-refractivity contribution in [1.29, 1.82) is 5.26 Å². The van der Waals surface area contributed by atoms with Gasteiger partial charge in [0.1, 0.15) is 0 Å². The predicted molar refractivity (Wildman–Crippen MR) is 102 cm³/mol. The molecule has 0 bridgehead atoms. The summed E-state index contributed by atoms with van der Waals surface area (Å²) in [7, 11) is 1.47. The molecule has 0 radical (unpaired) electrons. The minimum Gasteiger partial charge on any atom is -0.493 e. The Morgan fingerprint density at radius 3 is 2.56 bits per heavy atom. The molecule has 0 saturated carbocycles. The second kappa shape index (κ2) is 8.26. The van der Waals surface area contributed by atoms with Gasteiger partial charge in [-0.2, -0.15) is 5.26 Å². The summed E-state index contributed by atoms with van der Waals surface area (Å²) < 4.78 is 15.6. The van der Waals surface area contributed by atoms with Gasteiger partial charge in [0.05, 0.1) is 25.0 Å². The number of halogens is 1. The van der Waals surface area contributed by atoms with E-state index in [4.69, 9.17) is 25.5 Å². The molecule has 134 valence electrons. The first-order valence-corrected chi connectivity index (χ1v) is 8.30. The molecule has 0 saturated heterocycles. The van der Waals surface area contributed by atoms with E-state index >= 15 is 0 Å². The summed E-state index contributed by atoms with van der Waals surface area (Å²) in [6, 6.07) is 17.3. The van der Waals surface area contributed by atoms with Gasteiger partial charge in [0.15, 0.2) is 11.5 Å². The fourth-order valence-electron chi connectivity index (χ4n) is 2.38. The molecule has 1 heterocycles. The number of carbonyl (C=O) groups is 1. The third kappa shape index (κ3) is 4.38. The van der Waals surface area contributed by atoms with Crippen molar-refractivity contribution in [2.45, 2.75) is 0 Å². The molecule has 5 nitrogen and oxygen atoms in total. The van der Waals surface area contributed by atoms with E-state index < -0.39 is 5.97 Å². The van der Waals surface area contributed by atoms with Gasteiger partial charge in [-0.15, -0.1) is 0 Å². The van der Waals surface area contributed by atoms with Crippen LogP contribution >= 0.6 is 11.6 Å². The molecule has 3 rings (SSSR count). The third-order valence-corrected chi connectivity index (χ3v) is 3.95. The Morgan fingerprint density at radius 2 is 1.93 bits per heavy atom. The summed E-state index contributed by atoms with van der Waals surface area (Å²) >= 11 is 5.89. The Kier molecular flexibility index (Phi) is 5.60. The average molecular weight is 380 g/mol. The molecule has 0 aliphatic heterocycles. The number of nitrogens with zero attached hydrogens (tertiary/aromatic N) is 1. The number of esters is 1. The number of hydrogen-bond donors (Lipinski definition) is 0. The van der Waals surface area contributed by atoms with Crippen LogP contribution in [-0.4, -0.2) is 13.1 Å². The maximum Gasteiger partial charge on any atom is 0.379 e. The van der Waals surface area contributed by atoms with Gasteiger partial charge >= 0.3 is 5.97 Å². The Hall–Kier alpha value is -3.49. The van der Waals surface area contributed by atoms with Gasteiger partial charge in [-0.1, -0.05) is 29.8 Å². The largest absolute Gasteiger partial charge is 0.493 e. The number of rotatable bonds is 5. The van der Waals surface area contributed by atoms with Gasteiger partial charge in [-0.25, -0.2) is 4.79 Å². The van der Waals surface area contributed by atoms with Crippen LogP contribution in [-0.2, 0) is 0 Å². The Bertz CT molecular complexity index is 1020. The number of hydrogen-bond acceptors (Lipinski definition) is 5. The lowest BCUT2D eigenvalue weighted by molar-refractivity contribution is 0.0696. The topological polar surface area (TPSA) is 72.5 Å². The van der Waals surface area contributed by atoms with E-state index in [0.717, 1.165) is 11.1 Å². The van der Waals surface area contributed by atoms with E-state index in [1.807, 2.05) is 0 Å². The zero-order chi connectivity index (χ0) is 19.2.